The van der Waals surface area contributed by atoms with Crippen LogP contribution in [0.1, 0.15) is 23.2 Å². The number of carbonyl (C=O) groups is 3. The van der Waals surface area contributed by atoms with E-state index in [1.807, 2.05) is 0 Å². The van der Waals surface area contributed by atoms with Gasteiger partial charge in [-0.25, -0.2) is 9.78 Å². The first-order valence-corrected chi connectivity index (χ1v) is 5.66. The molecule has 0 aliphatic heterocycles. The van der Waals surface area contributed by atoms with Crippen molar-refractivity contribution in [1.29, 1.82) is 0 Å². The number of amides is 1. The number of hydrogen-bond acceptors (Lipinski definition) is 5. The normalized spacial score (nSPS) is 11.5. The standard InChI is InChI=1S/C12H13FN2O5/c1-20-10(16)3-2-8(12(18)19)15-11(17)7-4-5-14-9(13)6-7/h4-6,8H,2-3H2,1H3,(H,15,17)(H,18,19). The number of pyridine rings is 1. The zero-order valence-electron chi connectivity index (χ0n) is 10.6. The average molecular weight is 284 g/mol. The van der Waals surface area contributed by atoms with E-state index in [9.17, 15) is 18.8 Å². The summed E-state index contributed by atoms with van der Waals surface area (Å²) in [7, 11) is 1.18. The van der Waals surface area contributed by atoms with Gasteiger partial charge in [-0.15, -0.1) is 0 Å². The van der Waals surface area contributed by atoms with Crippen molar-refractivity contribution in [1.82, 2.24) is 10.3 Å². The van der Waals surface area contributed by atoms with Gasteiger partial charge in [0, 0.05) is 24.2 Å². The molecule has 8 heteroatoms. The molecule has 0 fully saturated rings. The minimum absolute atomic E-state index is 0.0539. The van der Waals surface area contributed by atoms with Crippen molar-refractivity contribution in [2.45, 2.75) is 18.9 Å². The van der Waals surface area contributed by atoms with Crippen molar-refractivity contribution in [3.63, 3.8) is 0 Å². The van der Waals surface area contributed by atoms with Crippen molar-refractivity contribution in [3.05, 3.63) is 29.8 Å². The predicted molar refractivity (Wildman–Crippen MR) is 64.3 cm³/mol. The predicted octanol–water partition coefficient (Wildman–Crippen LogP) is 0.357. The molecule has 1 atom stereocenters. The van der Waals surface area contributed by atoms with Crippen molar-refractivity contribution >= 4 is 17.8 Å². The van der Waals surface area contributed by atoms with Gasteiger partial charge in [-0.3, -0.25) is 9.59 Å². The Morgan fingerprint density at radius 3 is 2.75 bits per heavy atom. The Bertz CT molecular complexity index is 520. The van der Waals surface area contributed by atoms with Gasteiger partial charge in [-0.2, -0.15) is 4.39 Å². The molecule has 1 amide bonds. The molecule has 1 rings (SSSR count). The van der Waals surface area contributed by atoms with E-state index in [2.05, 4.69) is 15.0 Å². The van der Waals surface area contributed by atoms with Crippen LogP contribution < -0.4 is 5.32 Å². The van der Waals surface area contributed by atoms with Crippen molar-refractivity contribution < 1.29 is 28.6 Å². The number of halogens is 1. The fraction of sp³-hybridized carbons (Fsp3) is 0.333. The maximum absolute atomic E-state index is 12.9. The Hall–Kier alpha value is -2.51. The van der Waals surface area contributed by atoms with Crippen LogP contribution in [0.5, 0.6) is 0 Å². The summed E-state index contributed by atoms with van der Waals surface area (Å²) in [6.45, 7) is 0. The van der Waals surface area contributed by atoms with E-state index in [1.54, 1.807) is 0 Å². The van der Waals surface area contributed by atoms with Gasteiger partial charge in [0.25, 0.3) is 5.91 Å². The number of rotatable bonds is 6. The quantitative estimate of drug-likeness (QED) is 0.577. The molecule has 0 spiro atoms. The minimum atomic E-state index is -1.29. The van der Waals surface area contributed by atoms with Crippen molar-refractivity contribution in [2.75, 3.05) is 7.11 Å². The number of nitrogens with one attached hydrogen (secondary N) is 1. The molecular formula is C12H13FN2O5. The molecule has 0 radical (unpaired) electrons. The highest BCUT2D eigenvalue weighted by Crippen LogP contribution is 2.04. The summed E-state index contributed by atoms with van der Waals surface area (Å²) in [5.41, 5.74) is -0.0539. The fourth-order valence-electron chi connectivity index (χ4n) is 1.41. The van der Waals surface area contributed by atoms with Gasteiger partial charge in [-0.05, 0) is 12.5 Å². The Kier molecular flexibility index (Phi) is 5.57. The van der Waals surface area contributed by atoms with Crippen LogP contribution in [-0.2, 0) is 14.3 Å². The molecule has 0 bridgehead atoms. The van der Waals surface area contributed by atoms with Gasteiger partial charge < -0.3 is 15.2 Å². The lowest BCUT2D eigenvalue weighted by Crippen LogP contribution is -2.41. The molecule has 1 unspecified atom stereocenters. The summed E-state index contributed by atoms with van der Waals surface area (Å²) in [4.78, 5) is 37.0. The zero-order valence-corrected chi connectivity index (χ0v) is 10.6. The van der Waals surface area contributed by atoms with Crippen LogP contribution in [0.25, 0.3) is 0 Å². The Morgan fingerprint density at radius 1 is 1.50 bits per heavy atom. The maximum atomic E-state index is 12.9. The first kappa shape index (κ1) is 15.5. The lowest BCUT2D eigenvalue weighted by atomic mass is 10.1. The summed E-state index contributed by atoms with van der Waals surface area (Å²) in [5.74, 6) is -3.49. The summed E-state index contributed by atoms with van der Waals surface area (Å²) in [5, 5.41) is 11.2. The van der Waals surface area contributed by atoms with E-state index in [-0.39, 0.29) is 18.4 Å². The van der Waals surface area contributed by atoms with E-state index >= 15 is 0 Å². The number of carbonyl (C=O) groups excluding carboxylic acids is 2. The highest BCUT2D eigenvalue weighted by atomic mass is 19.1. The highest BCUT2D eigenvalue weighted by Gasteiger charge is 2.22. The third-order valence-corrected chi connectivity index (χ3v) is 2.46. The molecule has 0 saturated heterocycles. The van der Waals surface area contributed by atoms with Gasteiger partial charge in [0.2, 0.25) is 5.95 Å². The number of carboxylic acids is 1. The lowest BCUT2D eigenvalue weighted by molar-refractivity contribution is -0.142. The number of hydrogen-bond donors (Lipinski definition) is 2. The van der Waals surface area contributed by atoms with Gasteiger partial charge in [0.05, 0.1) is 7.11 Å². The van der Waals surface area contributed by atoms with Crippen molar-refractivity contribution in [3.8, 4) is 0 Å². The number of esters is 1. The second-order valence-corrected chi connectivity index (χ2v) is 3.85. The topological polar surface area (TPSA) is 106 Å². The van der Waals surface area contributed by atoms with Gasteiger partial charge in [0.1, 0.15) is 6.04 Å². The third-order valence-electron chi connectivity index (χ3n) is 2.46. The van der Waals surface area contributed by atoms with E-state index in [1.165, 1.54) is 13.2 Å². The van der Waals surface area contributed by atoms with Gasteiger partial charge in [0.15, 0.2) is 0 Å². The molecule has 0 aromatic carbocycles. The summed E-state index contributed by atoms with van der Waals surface area (Å²) >= 11 is 0. The van der Waals surface area contributed by atoms with Crippen LogP contribution in [0.15, 0.2) is 18.3 Å². The lowest BCUT2D eigenvalue weighted by Gasteiger charge is -2.13. The minimum Gasteiger partial charge on any atom is -0.480 e. The molecule has 7 nitrogen and oxygen atoms in total. The molecule has 108 valence electrons. The molecule has 0 aliphatic rings. The largest absolute Gasteiger partial charge is 0.480 e. The molecular weight excluding hydrogens is 271 g/mol. The van der Waals surface area contributed by atoms with Crippen LogP contribution in [0, 0.1) is 5.95 Å². The number of methoxy groups -OCH3 is 1. The second kappa shape index (κ2) is 7.17. The van der Waals surface area contributed by atoms with Crippen LogP contribution in [0.2, 0.25) is 0 Å². The number of ether oxygens (including phenoxy) is 1. The monoisotopic (exact) mass is 284 g/mol. The van der Waals surface area contributed by atoms with E-state index in [4.69, 9.17) is 5.11 Å². The average Bonchev–Trinajstić information content (AvgIpc) is 2.42. The van der Waals surface area contributed by atoms with Crippen LogP contribution in [-0.4, -0.2) is 41.1 Å². The number of nitrogens with zero attached hydrogens (tertiary/aromatic N) is 1. The summed E-state index contributed by atoms with van der Waals surface area (Å²) < 4.78 is 17.2. The van der Waals surface area contributed by atoms with Crippen LogP contribution in [0.3, 0.4) is 0 Å². The summed E-state index contributed by atoms with van der Waals surface area (Å²) in [6.07, 6.45) is 0.814. The second-order valence-electron chi connectivity index (χ2n) is 3.85. The Balaban J connectivity index is 2.68. The first-order chi connectivity index (χ1) is 9.43. The van der Waals surface area contributed by atoms with Crippen molar-refractivity contribution in [2.24, 2.45) is 0 Å². The molecule has 0 saturated carbocycles. The van der Waals surface area contributed by atoms with E-state index in [0.717, 1.165) is 12.3 Å². The van der Waals surface area contributed by atoms with E-state index < -0.39 is 29.8 Å². The van der Waals surface area contributed by atoms with Crippen LogP contribution in [0.4, 0.5) is 4.39 Å². The van der Waals surface area contributed by atoms with Gasteiger partial charge in [-0.1, -0.05) is 0 Å². The number of aromatic nitrogens is 1. The highest BCUT2D eigenvalue weighted by molar-refractivity contribution is 5.96. The molecule has 0 aliphatic carbocycles. The fourth-order valence-corrected chi connectivity index (χ4v) is 1.41. The third kappa shape index (κ3) is 4.63. The van der Waals surface area contributed by atoms with Crippen LogP contribution >= 0.6 is 0 Å². The molecule has 1 heterocycles. The Labute approximate surface area is 113 Å². The molecule has 2 N–H and O–H groups in total. The Morgan fingerprint density at radius 2 is 2.20 bits per heavy atom. The first-order valence-electron chi connectivity index (χ1n) is 5.66. The van der Waals surface area contributed by atoms with Gasteiger partial charge >= 0.3 is 11.9 Å². The molecule has 20 heavy (non-hydrogen) atoms. The van der Waals surface area contributed by atoms with E-state index in [0.29, 0.717) is 0 Å². The molecule has 1 aromatic rings. The summed E-state index contributed by atoms with van der Waals surface area (Å²) in [6, 6.07) is 0.865. The number of carboxylic acid groups (broad SMARTS) is 1. The smallest absolute Gasteiger partial charge is 0.326 e. The molecule has 1 aromatic heterocycles. The zero-order chi connectivity index (χ0) is 15.1. The SMILES string of the molecule is COC(=O)CCC(NC(=O)c1ccnc(F)c1)C(=O)O. The number of aliphatic carboxylic acids is 1. The maximum Gasteiger partial charge on any atom is 0.326 e.